The van der Waals surface area contributed by atoms with Crippen molar-refractivity contribution in [2.75, 3.05) is 10.8 Å². The maximum Gasteiger partial charge on any atom is 0.242 e. The van der Waals surface area contributed by atoms with Crippen molar-refractivity contribution in [3.05, 3.63) is 65.2 Å². The topological polar surface area (TPSA) is 20.3 Å². The summed E-state index contributed by atoms with van der Waals surface area (Å²) >= 11 is 11.6. The van der Waals surface area contributed by atoms with E-state index in [4.69, 9.17) is 23.2 Å². The van der Waals surface area contributed by atoms with E-state index in [1.54, 1.807) is 11.0 Å². The lowest BCUT2D eigenvalue weighted by Crippen LogP contribution is -2.31. The quantitative estimate of drug-likeness (QED) is 0.777. The molecule has 0 fully saturated rings. The van der Waals surface area contributed by atoms with E-state index in [1.807, 2.05) is 48.5 Å². The Bertz CT molecular complexity index is 557. The molecule has 0 spiro atoms. The molecule has 0 aliphatic heterocycles. The second-order valence-electron chi connectivity index (χ2n) is 4.08. The van der Waals surface area contributed by atoms with Crippen LogP contribution in [0.25, 0.3) is 0 Å². The number of benzene rings is 2. The molecule has 1 amide bonds. The van der Waals surface area contributed by atoms with E-state index < -0.39 is 0 Å². The van der Waals surface area contributed by atoms with Gasteiger partial charge in [-0.2, -0.15) is 0 Å². The first-order chi connectivity index (χ1) is 9.20. The van der Waals surface area contributed by atoms with Gasteiger partial charge in [-0.25, -0.2) is 0 Å². The number of carbonyl (C=O) groups is 1. The molecule has 0 bridgehead atoms. The van der Waals surface area contributed by atoms with Crippen LogP contribution in [0.2, 0.25) is 5.02 Å². The number of carbonyl (C=O) groups excluding carboxylic acids is 1. The second-order valence-corrected chi connectivity index (χ2v) is 4.78. The van der Waals surface area contributed by atoms with Gasteiger partial charge in [-0.05, 0) is 29.8 Å². The van der Waals surface area contributed by atoms with E-state index >= 15 is 0 Å². The van der Waals surface area contributed by atoms with Crippen LogP contribution in [0.3, 0.4) is 0 Å². The fourth-order valence-electron chi connectivity index (χ4n) is 1.82. The average Bonchev–Trinajstić information content (AvgIpc) is 2.45. The van der Waals surface area contributed by atoms with Gasteiger partial charge in [-0.3, -0.25) is 4.79 Å². The molecule has 0 atom stereocenters. The van der Waals surface area contributed by atoms with Gasteiger partial charge in [-0.15, -0.1) is 11.6 Å². The standard InChI is InChI=1S/C15H13Cl2NO/c16-10-15(19)18(14-7-2-1-3-8-14)11-12-5-4-6-13(17)9-12/h1-9H,10-11H2. The molecule has 2 aromatic carbocycles. The van der Waals surface area contributed by atoms with Crippen LogP contribution in [0.15, 0.2) is 54.6 Å². The molecule has 0 saturated carbocycles. The van der Waals surface area contributed by atoms with Crippen LogP contribution in [0.1, 0.15) is 5.56 Å². The Kier molecular flexibility index (Phi) is 4.83. The third kappa shape index (κ3) is 3.72. The molecule has 0 aromatic heterocycles. The molecule has 2 aromatic rings. The summed E-state index contributed by atoms with van der Waals surface area (Å²) in [4.78, 5) is 13.6. The summed E-state index contributed by atoms with van der Waals surface area (Å²) < 4.78 is 0. The van der Waals surface area contributed by atoms with E-state index in [0.29, 0.717) is 11.6 Å². The summed E-state index contributed by atoms with van der Waals surface area (Å²) in [5.41, 5.74) is 1.79. The van der Waals surface area contributed by atoms with E-state index in [1.165, 1.54) is 0 Å². The SMILES string of the molecule is O=C(CCl)N(Cc1cccc(Cl)c1)c1ccccc1. The summed E-state index contributed by atoms with van der Waals surface area (Å²) in [5.74, 6) is -0.178. The Morgan fingerprint density at radius 1 is 1.05 bits per heavy atom. The first kappa shape index (κ1) is 13.9. The molecule has 2 nitrogen and oxygen atoms in total. The lowest BCUT2D eigenvalue weighted by atomic mass is 10.2. The second kappa shape index (κ2) is 6.60. The zero-order valence-electron chi connectivity index (χ0n) is 10.2. The van der Waals surface area contributed by atoms with Crippen molar-refractivity contribution in [1.29, 1.82) is 0 Å². The normalized spacial score (nSPS) is 10.2. The van der Waals surface area contributed by atoms with E-state index in [2.05, 4.69) is 0 Å². The number of nitrogens with zero attached hydrogens (tertiary/aromatic N) is 1. The molecule has 0 unspecified atom stereocenters. The number of hydrogen-bond acceptors (Lipinski definition) is 1. The highest BCUT2D eigenvalue weighted by Crippen LogP contribution is 2.19. The third-order valence-corrected chi connectivity index (χ3v) is 3.18. The Morgan fingerprint density at radius 2 is 1.79 bits per heavy atom. The van der Waals surface area contributed by atoms with Crippen molar-refractivity contribution < 1.29 is 4.79 Å². The zero-order valence-corrected chi connectivity index (χ0v) is 11.7. The van der Waals surface area contributed by atoms with Crippen molar-refractivity contribution in [3.63, 3.8) is 0 Å². The van der Waals surface area contributed by atoms with Crippen molar-refractivity contribution in [3.8, 4) is 0 Å². The van der Waals surface area contributed by atoms with Crippen molar-refractivity contribution >= 4 is 34.8 Å². The van der Waals surface area contributed by atoms with Gasteiger partial charge in [0.15, 0.2) is 0 Å². The largest absolute Gasteiger partial charge is 0.307 e. The van der Waals surface area contributed by atoms with Gasteiger partial charge < -0.3 is 4.90 Å². The van der Waals surface area contributed by atoms with E-state index in [9.17, 15) is 4.79 Å². The summed E-state index contributed by atoms with van der Waals surface area (Å²) in [6, 6.07) is 16.9. The number of amides is 1. The van der Waals surface area contributed by atoms with Crippen LogP contribution >= 0.6 is 23.2 Å². The highest BCUT2D eigenvalue weighted by Gasteiger charge is 2.14. The van der Waals surface area contributed by atoms with Gasteiger partial charge >= 0.3 is 0 Å². The van der Waals surface area contributed by atoms with Crippen molar-refractivity contribution in [1.82, 2.24) is 0 Å². The summed E-state index contributed by atoms with van der Waals surface area (Å²) in [6.07, 6.45) is 0. The highest BCUT2D eigenvalue weighted by molar-refractivity contribution is 6.30. The van der Waals surface area contributed by atoms with Crippen LogP contribution in [0, 0.1) is 0 Å². The minimum Gasteiger partial charge on any atom is -0.307 e. The van der Waals surface area contributed by atoms with Crippen LogP contribution in [-0.2, 0) is 11.3 Å². The minimum absolute atomic E-state index is 0.0462. The van der Waals surface area contributed by atoms with Gasteiger partial charge in [0.2, 0.25) is 5.91 Å². The molecule has 0 aliphatic rings. The highest BCUT2D eigenvalue weighted by atomic mass is 35.5. The lowest BCUT2D eigenvalue weighted by molar-refractivity contribution is -0.116. The Hall–Kier alpha value is -1.51. The van der Waals surface area contributed by atoms with Crippen LogP contribution in [-0.4, -0.2) is 11.8 Å². The molecule has 2 rings (SSSR count). The first-order valence-corrected chi connectivity index (χ1v) is 6.78. The number of rotatable bonds is 4. The monoisotopic (exact) mass is 293 g/mol. The van der Waals surface area contributed by atoms with Crippen LogP contribution in [0.4, 0.5) is 5.69 Å². The molecular weight excluding hydrogens is 281 g/mol. The minimum atomic E-state index is -0.132. The Labute approximate surface area is 122 Å². The summed E-state index contributed by atoms with van der Waals surface area (Å²) in [6.45, 7) is 0.454. The van der Waals surface area contributed by atoms with Gasteiger partial charge in [0, 0.05) is 10.7 Å². The average molecular weight is 294 g/mol. The maximum absolute atomic E-state index is 12.0. The zero-order chi connectivity index (χ0) is 13.7. The summed E-state index contributed by atoms with van der Waals surface area (Å²) in [5, 5.41) is 0.656. The van der Waals surface area contributed by atoms with E-state index in [0.717, 1.165) is 11.3 Å². The summed E-state index contributed by atoms with van der Waals surface area (Å²) in [7, 11) is 0. The van der Waals surface area contributed by atoms with Crippen molar-refractivity contribution in [2.24, 2.45) is 0 Å². The van der Waals surface area contributed by atoms with Crippen LogP contribution in [0.5, 0.6) is 0 Å². The number of anilines is 1. The molecule has 0 saturated heterocycles. The predicted molar refractivity (Wildman–Crippen MR) is 79.8 cm³/mol. The molecule has 19 heavy (non-hydrogen) atoms. The molecule has 0 heterocycles. The van der Waals surface area contributed by atoms with Gasteiger partial charge in [0.05, 0.1) is 6.54 Å². The lowest BCUT2D eigenvalue weighted by Gasteiger charge is -2.22. The third-order valence-electron chi connectivity index (χ3n) is 2.71. The molecular formula is C15H13Cl2NO. The smallest absolute Gasteiger partial charge is 0.242 e. The Morgan fingerprint density at radius 3 is 2.42 bits per heavy atom. The fourth-order valence-corrected chi connectivity index (χ4v) is 2.18. The van der Waals surface area contributed by atoms with Crippen molar-refractivity contribution in [2.45, 2.75) is 6.54 Å². The first-order valence-electron chi connectivity index (χ1n) is 5.86. The van der Waals surface area contributed by atoms with Gasteiger partial charge in [0.25, 0.3) is 0 Å². The number of halogens is 2. The molecule has 98 valence electrons. The number of para-hydroxylation sites is 1. The molecule has 0 radical (unpaired) electrons. The Balaban J connectivity index is 2.27. The van der Waals surface area contributed by atoms with Gasteiger partial charge in [0.1, 0.15) is 5.88 Å². The number of hydrogen-bond donors (Lipinski definition) is 0. The molecule has 0 aliphatic carbocycles. The maximum atomic E-state index is 12.0. The van der Waals surface area contributed by atoms with E-state index in [-0.39, 0.29) is 11.8 Å². The fraction of sp³-hybridized carbons (Fsp3) is 0.133. The number of alkyl halides is 1. The molecule has 0 N–H and O–H groups in total. The predicted octanol–water partition coefficient (Wildman–Crippen LogP) is 4.11. The molecule has 4 heteroatoms. The van der Waals surface area contributed by atoms with Crippen LogP contribution < -0.4 is 4.90 Å². The van der Waals surface area contributed by atoms with Gasteiger partial charge in [-0.1, -0.05) is 41.9 Å².